The average molecular weight is 326 g/mol. The Balaban J connectivity index is 1.41. The summed E-state index contributed by atoms with van der Waals surface area (Å²) in [5.41, 5.74) is 3.83. The molecule has 2 bridgehead atoms. The predicted octanol–water partition coefficient (Wildman–Crippen LogP) is 2.17. The van der Waals surface area contributed by atoms with Crippen LogP contribution in [0, 0.1) is 0 Å². The predicted molar refractivity (Wildman–Crippen MR) is 88.8 cm³/mol. The van der Waals surface area contributed by atoms with E-state index in [4.69, 9.17) is 14.1 Å². The van der Waals surface area contributed by atoms with Crippen molar-refractivity contribution in [2.45, 2.75) is 37.9 Å². The van der Waals surface area contributed by atoms with Crippen LogP contribution in [0.5, 0.6) is 0 Å². The van der Waals surface area contributed by atoms with Crippen LogP contribution in [-0.2, 0) is 17.7 Å². The highest BCUT2D eigenvalue weighted by atomic mass is 16.5. The third-order valence-corrected chi connectivity index (χ3v) is 5.56. The summed E-state index contributed by atoms with van der Waals surface area (Å²) < 4.78 is 10.7. The molecular formula is C18H22N4O2. The van der Waals surface area contributed by atoms with Crippen LogP contribution < -0.4 is 4.90 Å². The molecule has 0 spiro atoms. The molecule has 5 rings (SSSR count). The summed E-state index contributed by atoms with van der Waals surface area (Å²) in [6, 6.07) is 3.10. The summed E-state index contributed by atoms with van der Waals surface area (Å²) in [6.45, 7) is 4.27. The first-order chi connectivity index (χ1) is 11.9. The van der Waals surface area contributed by atoms with Crippen LogP contribution in [0.2, 0.25) is 0 Å². The quantitative estimate of drug-likeness (QED) is 0.862. The molecule has 0 radical (unpaired) electrons. The van der Waals surface area contributed by atoms with Gasteiger partial charge in [-0.25, -0.2) is 9.97 Å². The maximum atomic E-state index is 5.43. The zero-order valence-corrected chi connectivity index (χ0v) is 13.7. The molecule has 126 valence electrons. The number of anilines is 1. The van der Waals surface area contributed by atoms with Crippen LogP contribution in [0.4, 0.5) is 5.95 Å². The van der Waals surface area contributed by atoms with E-state index in [-0.39, 0.29) is 0 Å². The summed E-state index contributed by atoms with van der Waals surface area (Å²) in [6.07, 6.45) is 9.16. The molecule has 2 aromatic rings. The average Bonchev–Trinajstić information content (AvgIpc) is 3.23. The molecule has 5 heterocycles. The van der Waals surface area contributed by atoms with E-state index in [2.05, 4.69) is 27.0 Å². The molecule has 2 atom stereocenters. The molecule has 0 saturated carbocycles. The summed E-state index contributed by atoms with van der Waals surface area (Å²) in [4.78, 5) is 14.4. The van der Waals surface area contributed by atoms with Crippen LogP contribution in [0.15, 0.2) is 29.2 Å². The minimum absolute atomic E-state index is 0.451. The number of rotatable bonds is 3. The number of fused-ring (bicyclic) bond motifs is 4. The normalized spacial score (nSPS) is 26.6. The van der Waals surface area contributed by atoms with Gasteiger partial charge in [0.1, 0.15) is 0 Å². The van der Waals surface area contributed by atoms with Gasteiger partial charge in [-0.3, -0.25) is 4.90 Å². The Kier molecular flexibility index (Phi) is 3.52. The Morgan fingerprint density at radius 3 is 2.96 bits per heavy atom. The molecule has 6 heteroatoms. The molecular weight excluding hydrogens is 304 g/mol. The molecule has 2 saturated heterocycles. The van der Waals surface area contributed by atoms with Gasteiger partial charge in [0.2, 0.25) is 5.95 Å². The highest BCUT2D eigenvalue weighted by Gasteiger charge is 2.41. The largest absolute Gasteiger partial charge is 0.472 e. The third-order valence-electron chi connectivity index (χ3n) is 5.56. The Bertz CT molecular complexity index is 712. The van der Waals surface area contributed by atoms with E-state index in [1.54, 1.807) is 6.26 Å². The fourth-order valence-corrected chi connectivity index (χ4v) is 4.32. The third kappa shape index (κ3) is 2.41. The fourth-order valence-electron chi connectivity index (χ4n) is 4.32. The molecule has 0 N–H and O–H groups in total. The highest BCUT2D eigenvalue weighted by molar-refractivity contribution is 5.37. The molecule has 6 nitrogen and oxygen atoms in total. The molecule has 0 amide bonds. The number of aromatic nitrogens is 2. The first kappa shape index (κ1) is 14.4. The van der Waals surface area contributed by atoms with Crippen LogP contribution in [0.25, 0.3) is 0 Å². The second-order valence-corrected chi connectivity index (χ2v) is 6.93. The van der Waals surface area contributed by atoms with E-state index >= 15 is 0 Å². The lowest BCUT2D eigenvalue weighted by Crippen LogP contribution is -2.40. The van der Waals surface area contributed by atoms with Gasteiger partial charge in [-0.15, -0.1) is 0 Å². The molecule has 0 aliphatic carbocycles. The van der Waals surface area contributed by atoms with Crippen molar-refractivity contribution in [2.75, 3.05) is 31.2 Å². The maximum absolute atomic E-state index is 5.43. The molecule has 2 fully saturated rings. The van der Waals surface area contributed by atoms with Gasteiger partial charge in [0.25, 0.3) is 0 Å². The zero-order valence-electron chi connectivity index (χ0n) is 13.7. The van der Waals surface area contributed by atoms with Gasteiger partial charge in [0.05, 0.1) is 31.4 Å². The number of hydrogen-bond donors (Lipinski definition) is 0. The van der Waals surface area contributed by atoms with E-state index in [1.165, 1.54) is 29.7 Å². The van der Waals surface area contributed by atoms with E-state index in [0.29, 0.717) is 12.1 Å². The highest BCUT2D eigenvalue weighted by Crippen LogP contribution is 2.44. The van der Waals surface area contributed by atoms with Gasteiger partial charge in [-0.1, -0.05) is 0 Å². The van der Waals surface area contributed by atoms with Gasteiger partial charge < -0.3 is 14.1 Å². The fraction of sp³-hybridized carbons (Fsp3) is 0.556. The SMILES string of the molecule is c1cc(CN2[C@@H]3CC[C@@H]2c2cnc(N4CCOCC4)nc2C3)co1. The van der Waals surface area contributed by atoms with Crippen LogP contribution in [0.1, 0.15) is 35.7 Å². The van der Waals surface area contributed by atoms with Gasteiger partial charge in [-0.05, 0) is 18.9 Å². The summed E-state index contributed by atoms with van der Waals surface area (Å²) in [5, 5.41) is 0. The van der Waals surface area contributed by atoms with Crippen molar-refractivity contribution in [3.63, 3.8) is 0 Å². The Morgan fingerprint density at radius 2 is 2.12 bits per heavy atom. The van der Waals surface area contributed by atoms with Crippen molar-refractivity contribution in [3.8, 4) is 0 Å². The van der Waals surface area contributed by atoms with Crippen molar-refractivity contribution in [1.29, 1.82) is 0 Å². The Hall–Kier alpha value is -1.92. The van der Waals surface area contributed by atoms with Crippen LogP contribution in [0.3, 0.4) is 0 Å². The lowest BCUT2D eigenvalue weighted by molar-refractivity contribution is 0.122. The van der Waals surface area contributed by atoms with Gasteiger partial charge in [0, 0.05) is 55.5 Å². The first-order valence-corrected chi connectivity index (χ1v) is 8.84. The van der Waals surface area contributed by atoms with E-state index in [0.717, 1.165) is 45.2 Å². The lowest BCUT2D eigenvalue weighted by Gasteiger charge is -2.36. The molecule has 3 aliphatic rings. The maximum Gasteiger partial charge on any atom is 0.225 e. The van der Waals surface area contributed by atoms with Crippen molar-refractivity contribution >= 4 is 5.95 Å². The molecule has 0 unspecified atom stereocenters. The topological polar surface area (TPSA) is 54.6 Å². The number of ether oxygens (including phenoxy) is 1. The van der Waals surface area contributed by atoms with Crippen LogP contribution in [-0.4, -0.2) is 47.2 Å². The minimum atomic E-state index is 0.451. The molecule has 3 aliphatic heterocycles. The second-order valence-electron chi connectivity index (χ2n) is 6.93. The Morgan fingerprint density at radius 1 is 1.21 bits per heavy atom. The van der Waals surface area contributed by atoms with Crippen molar-refractivity contribution in [3.05, 3.63) is 41.6 Å². The van der Waals surface area contributed by atoms with E-state index in [1.807, 2.05) is 6.26 Å². The second kappa shape index (κ2) is 5.86. The minimum Gasteiger partial charge on any atom is -0.472 e. The van der Waals surface area contributed by atoms with Crippen molar-refractivity contribution in [2.24, 2.45) is 0 Å². The first-order valence-electron chi connectivity index (χ1n) is 8.84. The lowest BCUT2D eigenvalue weighted by atomic mass is 9.99. The standard InChI is InChI=1S/C18H22N4O2/c1-2-17-15-10-19-18(21-4-7-23-8-5-21)20-16(15)9-14(1)22(17)11-13-3-6-24-12-13/h3,6,10,12,14,17H,1-2,4-5,7-9,11H2/t14-,17-/m1/s1. The van der Waals surface area contributed by atoms with Crippen LogP contribution >= 0.6 is 0 Å². The van der Waals surface area contributed by atoms with Gasteiger partial charge in [0.15, 0.2) is 0 Å². The Labute approximate surface area is 141 Å². The van der Waals surface area contributed by atoms with E-state index in [9.17, 15) is 0 Å². The number of nitrogens with zero attached hydrogens (tertiary/aromatic N) is 4. The summed E-state index contributed by atoms with van der Waals surface area (Å²) in [7, 11) is 0. The molecule has 2 aromatic heterocycles. The van der Waals surface area contributed by atoms with Gasteiger partial charge >= 0.3 is 0 Å². The zero-order chi connectivity index (χ0) is 15.9. The number of furan rings is 1. The van der Waals surface area contributed by atoms with E-state index < -0.39 is 0 Å². The monoisotopic (exact) mass is 326 g/mol. The number of hydrogen-bond acceptors (Lipinski definition) is 6. The van der Waals surface area contributed by atoms with Crippen molar-refractivity contribution < 1.29 is 9.15 Å². The van der Waals surface area contributed by atoms with Crippen molar-refractivity contribution in [1.82, 2.24) is 14.9 Å². The molecule has 24 heavy (non-hydrogen) atoms. The van der Waals surface area contributed by atoms with Gasteiger partial charge in [-0.2, -0.15) is 0 Å². The summed E-state index contributed by atoms with van der Waals surface area (Å²) in [5.74, 6) is 0.875. The summed E-state index contributed by atoms with van der Waals surface area (Å²) >= 11 is 0. The smallest absolute Gasteiger partial charge is 0.225 e. The number of morpholine rings is 1. The molecule has 0 aromatic carbocycles.